The molecule has 1 atom stereocenters. The van der Waals surface area contributed by atoms with Gasteiger partial charge in [-0.05, 0) is 50.7 Å². The smallest absolute Gasteiger partial charge is 0.295 e. The minimum absolute atomic E-state index is 0.000722. The van der Waals surface area contributed by atoms with Crippen LogP contribution in [0.3, 0.4) is 0 Å². The molecule has 40 heavy (non-hydrogen) atoms. The fourth-order valence-electron chi connectivity index (χ4n) is 4.86. The Labute approximate surface area is 231 Å². The maximum atomic E-state index is 13.8. The molecule has 4 aromatic rings. The largest absolute Gasteiger partial charge is 0.480 e. The van der Waals surface area contributed by atoms with Gasteiger partial charge in [0, 0.05) is 18.2 Å². The summed E-state index contributed by atoms with van der Waals surface area (Å²) in [7, 11) is -1.78. The Hall–Kier alpha value is -4.00. The average molecular weight is 563 g/mol. The lowest BCUT2D eigenvalue weighted by Crippen LogP contribution is -2.29. The summed E-state index contributed by atoms with van der Waals surface area (Å²) in [5, 5.41) is 3.08. The SMILES string of the molecule is CCS(=O)(=O)c1ccc(CNc2nc3ncc(-c4c(OC)ncnc4C4CC4)nc3n([C@@H](C)C3CC3)c2=O)nc1. The quantitative estimate of drug-likeness (QED) is 0.303. The van der Waals surface area contributed by atoms with Gasteiger partial charge in [-0.2, -0.15) is 0 Å². The molecule has 0 bridgehead atoms. The summed E-state index contributed by atoms with van der Waals surface area (Å²) >= 11 is 0. The molecular weight excluding hydrogens is 532 g/mol. The Morgan fingerprint density at radius 3 is 2.52 bits per heavy atom. The van der Waals surface area contributed by atoms with Crippen LogP contribution in [0, 0.1) is 5.92 Å². The van der Waals surface area contributed by atoms with Crippen molar-refractivity contribution < 1.29 is 13.2 Å². The van der Waals surface area contributed by atoms with Crippen LogP contribution < -0.4 is 15.6 Å². The van der Waals surface area contributed by atoms with E-state index in [1.54, 1.807) is 30.9 Å². The number of ether oxygens (including phenoxy) is 1. The van der Waals surface area contributed by atoms with Crippen LogP contribution >= 0.6 is 0 Å². The van der Waals surface area contributed by atoms with Gasteiger partial charge in [0.15, 0.2) is 26.9 Å². The van der Waals surface area contributed by atoms with E-state index < -0.39 is 9.84 Å². The molecular formula is C27H30N8O4S. The van der Waals surface area contributed by atoms with E-state index >= 15 is 0 Å². The van der Waals surface area contributed by atoms with Crippen LogP contribution in [0.15, 0.2) is 40.5 Å². The molecule has 4 heterocycles. The number of anilines is 1. The van der Waals surface area contributed by atoms with Crippen LogP contribution in [0.5, 0.6) is 5.88 Å². The summed E-state index contributed by atoms with van der Waals surface area (Å²) in [5.74, 6) is 1.25. The zero-order chi connectivity index (χ0) is 28.0. The van der Waals surface area contributed by atoms with E-state index in [1.165, 1.54) is 18.6 Å². The van der Waals surface area contributed by atoms with Gasteiger partial charge in [0.05, 0.1) is 53.1 Å². The highest BCUT2D eigenvalue weighted by molar-refractivity contribution is 7.91. The fourth-order valence-corrected chi connectivity index (χ4v) is 5.69. The van der Waals surface area contributed by atoms with Crippen LogP contribution in [-0.2, 0) is 16.4 Å². The molecule has 0 saturated heterocycles. The number of nitrogens with zero attached hydrogens (tertiary/aromatic N) is 7. The first-order chi connectivity index (χ1) is 19.3. The summed E-state index contributed by atoms with van der Waals surface area (Å²) in [6.07, 6.45) is 8.62. The predicted molar refractivity (Wildman–Crippen MR) is 148 cm³/mol. The van der Waals surface area contributed by atoms with Crippen LogP contribution in [0.2, 0.25) is 0 Å². The zero-order valence-electron chi connectivity index (χ0n) is 22.5. The lowest BCUT2D eigenvalue weighted by molar-refractivity contribution is 0.397. The molecule has 2 fully saturated rings. The molecule has 0 radical (unpaired) electrons. The fraction of sp³-hybridized carbons (Fsp3) is 0.444. The first-order valence-corrected chi connectivity index (χ1v) is 15.1. The minimum Gasteiger partial charge on any atom is -0.480 e. The van der Waals surface area contributed by atoms with E-state index in [0.29, 0.717) is 46.0 Å². The third kappa shape index (κ3) is 4.89. The molecule has 2 aliphatic rings. The molecule has 0 amide bonds. The molecule has 6 rings (SSSR count). The van der Waals surface area contributed by atoms with Crippen molar-refractivity contribution in [2.75, 3.05) is 18.2 Å². The highest BCUT2D eigenvalue weighted by Crippen LogP contribution is 2.45. The van der Waals surface area contributed by atoms with Crippen LogP contribution in [0.25, 0.3) is 22.6 Å². The number of rotatable bonds is 10. The molecule has 4 aromatic heterocycles. The van der Waals surface area contributed by atoms with Crippen molar-refractivity contribution in [2.45, 2.75) is 62.9 Å². The molecule has 0 aromatic carbocycles. The third-order valence-corrected chi connectivity index (χ3v) is 9.26. The van der Waals surface area contributed by atoms with Crippen LogP contribution in [-0.4, -0.2) is 55.8 Å². The van der Waals surface area contributed by atoms with Crippen molar-refractivity contribution >= 4 is 26.9 Å². The number of fused-ring (bicyclic) bond motifs is 1. The van der Waals surface area contributed by atoms with Gasteiger partial charge >= 0.3 is 0 Å². The molecule has 0 aliphatic heterocycles. The Kier molecular flexibility index (Phi) is 6.69. The molecule has 12 nitrogen and oxygen atoms in total. The number of nitrogens with one attached hydrogen (secondary N) is 1. The predicted octanol–water partition coefficient (Wildman–Crippen LogP) is 3.30. The van der Waals surface area contributed by atoms with Gasteiger partial charge in [0.25, 0.3) is 5.56 Å². The number of aromatic nitrogens is 7. The Morgan fingerprint density at radius 1 is 1.07 bits per heavy atom. The molecule has 1 N–H and O–H groups in total. The average Bonchev–Trinajstić information content (AvgIpc) is 3.89. The third-order valence-electron chi connectivity index (χ3n) is 7.54. The molecule has 13 heteroatoms. The van der Waals surface area contributed by atoms with Gasteiger partial charge in [-0.3, -0.25) is 14.3 Å². The van der Waals surface area contributed by atoms with E-state index in [9.17, 15) is 13.2 Å². The number of hydrogen-bond donors (Lipinski definition) is 1. The zero-order valence-corrected chi connectivity index (χ0v) is 23.3. The standard InChI is InChI=1S/C27H30N8O4S/c1-4-40(37,38)19-10-9-18(28-12-19)11-29-24-27(36)35(15(2)16-5-6-16)25-23(34-24)30-13-20(33-25)21-22(17-7-8-17)31-14-32-26(21)39-3/h9-10,12-17H,4-8,11H2,1-3H3,(H,29,30,34)/t15-/m0/s1. The Morgan fingerprint density at radius 2 is 1.88 bits per heavy atom. The highest BCUT2D eigenvalue weighted by atomic mass is 32.2. The maximum Gasteiger partial charge on any atom is 0.295 e. The number of hydrogen-bond acceptors (Lipinski definition) is 11. The second-order valence-electron chi connectivity index (χ2n) is 10.3. The first-order valence-electron chi connectivity index (χ1n) is 13.4. The van der Waals surface area contributed by atoms with Crippen LogP contribution in [0.4, 0.5) is 5.82 Å². The first kappa shape index (κ1) is 26.2. The van der Waals surface area contributed by atoms with E-state index in [1.807, 2.05) is 6.92 Å². The molecule has 208 valence electrons. The summed E-state index contributed by atoms with van der Waals surface area (Å²) in [6.45, 7) is 3.80. The van der Waals surface area contributed by atoms with E-state index in [2.05, 4.69) is 30.2 Å². The summed E-state index contributed by atoms with van der Waals surface area (Å²) < 4.78 is 31.4. The van der Waals surface area contributed by atoms with Gasteiger partial charge in [-0.1, -0.05) is 6.92 Å². The lowest BCUT2D eigenvalue weighted by Gasteiger charge is -2.19. The lowest BCUT2D eigenvalue weighted by atomic mass is 10.1. The number of sulfone groups is 1. The number of pyridine rings is 1. The van der Waals surface area contributed by atoms with Crippen molar-refractivity contribution in [1.29, 1.82) is 0 Å². The second kappa shape index (κ2) is 10.2. The molecule has 0 spiro atoms. The van der Waals surface area contributed by atoms with Crippen molar-refractivity contribution in [2.24, 2.45) is 5.92 Å². The maximum absolute atomic E-state index is 13.8. The molecule has 0 unspecified atom stereocenters. The Balaban J connectivity index is 1.39. The normalized spacial score (nSPS) is 16.2. The molecule has 2 saturated carbocycles. The van der Waals surface area contributed by atoms with Crippen molar-refractivity contribution in [3.8, 4) is 17.1 Å². The van der Waals surface area contributed by atoms with Crippen LogP contribution in [0.1, 0.15) is 62.9 Å². The monoisotopic (exact) mass is 562 g/mol. The van der Waals surface area contributed by atoms with Gasteiger partial charge in [-0.25, -0.2) is 33.3 Å². The van der Waals surface area contributed by atoms with Gasteiger partial charge in [0.2, 0.25) is 5.88 Å². The van der Waals surface area contributed by atoms with Gasteiger partial charge in [-0.15, -0.1) is 0 Å². The Bertz CT molecular complexity index is 1750. The molecule has 2 aliphatic carbocycles. The van der Waals surface area contributed by atoms with Gasteiger partial charge < -0.3 is 10.1 Å². The topological polar surface area (TPSA) is 155 Å². The van der Waals surface area contributed by atoms with E-state index in [0.717, 1.165) is 31.4 Å². The van der Waals surface area contributed by atoms with E-state index in [-0.39, 0.29) is 34.6 Å². The summed E-state index contributed by atoms with van der Waals surface area (Å²) in [6, 6.07) is 3.05. The minimum atomic E-state index is -3.34. The summed E-state index contributed by atoms with van der Waals surface area (Å²) in [5.41, 5.74) is 3.11. The van der Waals surface area contributed by atoms with Gasteiger partial charge in [0.1, 0.15) is 6.33 Å². The van der Waals surface area contributed by atoms with Crippen molar-refractivity contribution in [3.05, 3.63) is 52.6 Å². The van der Waals surface area contributed by atoms with Crippen molar-refractivity contribution in [3.63, 3.8) is 0 Å². The summed E-state index contributed by atoms with van der Waals surface area (Å²) in [4.78, 5) is 41.1. The number of methoxy groups -OCH3 is 1. The second-order valence-corrected chi connectivity index (χ2v) is 12.6. The van der Waals surface area contributed by atoms with E-state index in [4.69, 9.17) is 9.72 Å². The van der Waals surface area contributed by atoms with Crippen molar-refractivity contribution in [1.82, 2.24) is 34.5 Å². The highest BCUT2D eigenvalue weighted by Gasteiger charge is 2.33.